The van der Waals surface area contributed by atoms with Gasteiger partial charge in [-0.3, -0.25) is 9.69 Å². The molecule has 3 aliphatic rings. The van der Waals surface area contributed by atoms with E-state index < -0.39 is 0 Å². The van der Waals surface area contributed by atoms with Crippen LogP contribution in [0.4, 0.5) is 0 Å². The molecule has 1 aromatic rings. The van der Waals surface area contributed by atoms with Gasteiger partial charge in [0.15, 0.2) is 0 Å². The number of ether oxygens (including phenoxy) is 1. The van der Waals surface area contributed by atoms with Crippen molar-refractivity contribution in [1.29, 1.82) is 0 Å². The van der Waals surface area contributed by atoms with Crippen LogP contribution >= 0.6 is 23.2 Å². The number of carbonyl (C=O) groups is 1. The number of hydrogen-bond acceptors (Lipinski definition) is 4. The fraction of sp³-hybridized carbons (Fsp3) is 0.632. The van der Waals surface area contributed by atoms with Crippen molar-refractivity contribution in [3.8, 4) is 0 Å². The van der Waals surface area contributed by atoms with Crippen molar-refractivity contribution >= 4 is 29.1 Å². The molecule has 5 nitrogen and oxygen atoms in total. The van der Waals surface area contributed by atoms with Gasteiger partial charge in [0.1, 0.15) is 0 Å². The van der Waals surface area contributed by atoms with Gasteiger partial charge in [-0.25, -0.2) is 0 Å². The molecular formula is C19H25Cl2N3O2. The third-order valence-corrected chi connectivity index (χ3v) is 6.67. The van der Waals surface area contributed by atoms with Crippen LogP contribution in [0, 0.1) is 0 Å². The van der Waals surface area contributed by atoms with Gasteiger partial charge in [-0.1, -0.05) is 35.3 Å². The van der Waals surface area contributed by atoms with E-state index in [-0.39, 0.29) is 30.5 Å². The summed E-state index contributed by atoms with van der Waals surface area (Å²) < 4.78 is 5.86. The zero-order chi connectivity index (χ0) is 18.1. The average Bonchev–Trinajstić information content (AvgIpc) is 3.19. The molecule has 3 aliphatic heterocycles. The van der Waals surface area contributed by atoms with E-state index in [9.17, 15) is 4.79 Å². The highest BCUT2D eigenvalue weighted by atomic mass is 35.5. The van der Waals surface area contributed by atoms with Crippen LogP contribution in [0.5, 0.6) is 0 Å². The fourth-order valence-electron chi connectivity index (χ4n) is 4.54. The van der Waals surface area contributed by atoms with Crippen LogP contribution < -0.4 is 5.32 Å². The first-order chi connectivity index (χ1) is 12.6. The van der Waals surface area contributed by atoms with E-state index in [1.54, 1.807) is 6.07 Å². The summed E-state index contributed by atoms with van der Waals surface area (Å²) in [5.41, 5.74) is 0.795. The molecule has 1 N–H and O–H groups in total. The summed E-state index contributed by atoms with van der Waals surface area (Å²) in [6, 6.07) is 6.10. The number of fused-ring (bicyclic) bond motifs is 1. The van der Waals surface area contributed by atoms with Gasteiger partial charge in [-0.15, -0.1) is 0 Å². The van der Waals surface area contributed by atoms with Crippen LogP contribution in [0.15, 0.2) is 18.2 Å². The summed E-state index contributed by atoms with van der Waals surface area (Å²) in [4.78, 5) is 17.7. The van der Waals surface area contributed by atoms with Crippen molar-refractivity contribution < 1.29 is 9.53 Å². The molecule has 3 heterocycles. The van der Waals surface area contributed by atoms with Crippen LogP contribution in [0.3, 0.4) is 0 Å². The number of likely N-dealkylation sites (tertiary alicyclic amines) is 1. The summed E-state index contributed by atoms with van der Waals surface area (Å²) in [6.45, 7) is 5.08. The normalized spacial score (nSPS) is 29.6. The minimum Gasteiger partial charge on any atom is -0.378 e. The monoisotopic (exact) mass is 397 g/mol. The molecule has 142 valence electrons. The van der Waals surface area contributed by atoms with Crippen LogP contribution in [0.1, 0.15) is 18.4 Å². The van der Waals surface area contributed by atoms with E-state index in [0.717, 1.165) is 31.7 Å². The number of nitrogens with zero attached hydrogens (tertiary/aromatic N) is 2. The second kappa shape index (κ2) is 8.03. The average molecular weight is 398 g/mol. The lowest BCUT2D eigenvalue weighted by Gasteiger charge is -2.50. The van der Waals surface area contributed by atoms with Crippen LogP contribution in [-0.4, -0.2) is 73.2 Å². The lowest BCUT2D eigenvalue weighted by Crippen LogP contribution is -2.70. The Bertz CT molecular complexity index is 664. The number of halogens is 2. The van der Waals surface area contributed by atoms with E-state index in [1.807, 2.05) is 12.1 Å². The molecule has 0 aliphatic carbocycles. The number of nitrogens with one attached hydrogen (secondary N) is 1. The van der Waals surface area contributed by atoms with Crippen molar-refractivity contribution in [2.45, 2.75) is 37.4 Å². The highest BCUT2D eigenvalue weighted by Gasteiger charge is 2.44. The molecule has 0 spiro atoms. The predicted octanol–water partition coefficient (Wildman–Crippen LogP) is 2.20. The Kier molecular flexibility index (Phi) is 5.72. The number of hydrogen-bond donors (Lipinski definition) is 1. The molecule has 3 atom stereocenters. The topological polar surface area (TPSA) is 44.8 Å². The molecule has 0 radical (unpaired) electrons. The zero-order valence-electron chi connectivity index (χ0n) is 14.8. The maximum atomic E-state index is 13.2. The molecule has 4 rings (SSSR count). The summed E-state index contributed by atoms with van der Waals surface area (Å²) in [7, 11) is 0. The van der Waals surface area contributed by atoms with Crippen LogP contribution in [0.2, 0.25) is 10.0 Å². The first-order valence-corrected chi connectivity index (χ1v) is 10.2. The third kappa shape index (κ3) is 3.60. The van der Waals surface area contributed by atoms with Crippen LogP contribution in [0.25, 0.3) is 0 Å². The first-order valence-electron chi connectivity index (χ1n) is 9.42. The molecule has 26 heavy (non-hydrogen) atoms. The number of piperazine rings is 1. The second-order valence-corrected chi connectivity index (χ2v) is 8.16. The van der Waals surface area contributed by atoms with Gasteiger partial charge in [0.05, 0.1) is 47.8 Å². The SMILES string of the molecule is O=C(Cc1cccc(Cl)c1Cl)N1CCNC2COCC(N3CCCC3)[C@H]21. The van der Waals surface area contributed by atoms with Gasteiger partial charge >= 0.3 is 0 Å². The highest BCUT2D eigenvalue weighted by molar-refractivity contribution is 6.42. The largest absolute Gasteiger partial charge is 0.378 e. The van der Waals surface area contributed by atoms with E-state index in [1.165, 1.54) is 12.8 Å². The minimum absolute atomic E-state index is 0.122. The quantitative estimate of drug-likeness (QED) is 0.848. The fourth-order valence-corrected chi connectivity index (χ4v) is 4.93. The lowest BCUT2D eigenvalue weighted by molar-refractivity contribution is -0.142. The summed E-state index contributed by atoms with van der Waals surface area (Å²) in [6.07, 6.45) is 2.75. The van der Waals surface area contributed by atoms with Crippen LogP contribution in [-0.2, 0) is 16.0 Å². The molecule has 7 heteroatoms. The van der Waals surface area contributed by atoms with Gasteiger partial charge in [-0.05, 0) is 37.6 Å². The minimum atomic E-state index is 0.122. The van der Waals surface area contributed by atoms with Gasteiger partial charge in [0, 0.05) is 13.1 Å². The molecular weight excluding hydrogens is 373 g/mol. The maximum Gasteiger partial charge on any atom is 0.227 e. The third-order valence-electron chi connectivity index (χ3n) is 5.81. The number of rotatable bonds is 3. The maximum absolute atomic E-state index is 13.2. The summed E-state index contributed by atoms with van der Waals surface area (Å²) in [5.74, 6) is 0.122. The van der Waals surface area contributed by atoms with E-state index in [2.05, 4.69) is 15.1 Å². The van der Waals surface area contributed by atoms with Crippen molar-refractivity contribution in [2.75, 3.05) is 39.4 Å². The first kappa shape index (κ1) is 18.5. The number of amides is 1. The lowest BCUT2D eigenvalue weighted by atomic mass is 9.92. The zero-order valence-corrected chi connectivity index (χ0v) is 16.3. The van der Waals surface area contributed by atoms with Gasteiger partial charge in [-0.2, -0.15) is 0 Å². The molecule has 1 amide bonds. The van der Waals surface area contributed by atoms with Gasteiger partial charge in [0.25, 0.3) is 0 Å². The summed E-state index contributed by atoms with van der Waals surface area (Å²) >= 11 is 12.4. The Morgan fingerprint density at radius 2 is 2.00 bits per heavy atom. The molecule has 1 aromatic carbocycles. The van der Waals surface area contributed by atoms with Crippen molar-refractivity contribution in [3.63, 3.8) is 0 Å². The highest BCUT2D eigenvalue weighted by Crippen LogP contribution is 2.29. The molecule has 0 aromatic heterocycles. The molecule has 2 unspecified atom stereocenters. The van der Waals surface area contributed by atoms with Crippen molar-refractivity contribution in [3.05, 3.63) is 33.8 Å². The summed E-state index contributed by atoms with van der Waals surface area (Å²) in [5, 5.41) is 4.53. The van der Waals surface area contributed by atoms with E-state index in [4.69, 9.17) is 27.9 Å². The second-order valence-electron chi connectivity index (χ2n) is 7.38. The Morgan fingerprint density at radius 3 is 2.81 bits per heavy atom. The van der Waals surface area contributed by atoms with Crippen molar-refractivity contribution in [1.82, 2.24) is 15.1 Å². The van der Waals surface area contributed by atoms with E-state index >= 15 is 0 Å². The van der Waals surface area contributed by atoms with Gasteiger partial charge in [0.2, 0.25) is 5.91 Å². The number of carbonyl (C=O) groups excluding carboxylic acids is 1. The molecule has 0 saturated carbocycles. The standard InChI is InChI=1S/C19H25Cl2N3O2/c20-14-5-3-4-13(18(14)21)10-17(25)24-9-6-22-15-11-26-12-16(19(15)24)23-7-1-2-8-23/h3-5,15-16,19,22H,1-2,6-12H2/t15?,16?,19-/m0/s1. The molecule has 3 saturated heterocycles. The Balaban J connectivity index is 1.55. The predicted molar refractivity (Wildman–Crippen MR) is 103 cm³/mol. The smallest absolute Gasteiger partial charge is 0.227 e. The number of benzene rings is 1. The molecule has 3 fully saturated rings. The molecule has 0 bridgehead atoms. The van der Waals surface area contributed by atoms with E-state index in [0.29, 0.717) is 23.3 Å². The Hall–Kier alpha value is -0.850. The van der Waals surface area contributed by atoms with Crippen molar-refractivity contribution in [2.24, 2.45) is 0 Å². The Labute approximate surface area is 164 Å². The van der Waals surface area contributed by atoms with Gasteiger partial charge < -0.3 is 15.0 Å². The Morgan fingerprint density at radius 1 is 1.19 bits per heavy atom.